The van der Waals surface area contributed by atoms with Gasteiger partial charge in [0.25, 0.3) is 0 Å². The van der Waals surface area contributed by atoms with Gasteiger partial charge in [0.05, 0.1) is 18.9 Å². The summed E-state index contributed by atoms with van der Waals surface area (Å²) in [7, 11) is 0. The van der Waals surface area contributed by atoms with Gasteiger partial charge in [0.1, 0.15) is 6.29 Å². The largest absolute Gasteiger partial charge is 0.466 e. The van der Waals surface area contributed by atoms with E-state index in [-0.39, 0.29) is 19.4 Å². The van der Waals surface area contributed by atoms with E-state index in [1.807, 2.05) is 54.7 Å². The van der Waals surface area contributed by atoms with Gasteiger partial charge in [-0.25, -0.2) is 0 Å². The summed E-state index contributed by atoms with van der Waals surface area (Å²) < 4.78 is 7.19. The lowest BCUT2D eigenvalue weighted by Crippen LogP contribution is -2.16. The summed E-state index contributed by atoms with van der Waals surface area (Å²) in [5.41, 5.74) is 8.98. The van der Waals surface area contributed by atoms with E-state index in [1.165, 1.54) is 0 Å². The van der Waals surface area contributed by atoms with Gasteiger partial charge in [-0.1, -0.05) is 36.4 Å². The first kappa shape index (κ1) is 20.3. The van der Waals surface area contributed by atoms with E-state index in [4.69, 9.17) is 10.5 Å². The number of amides is 1. The number of primary amides is 1. The summed E-state index contributed by atoms with van der Waals surface area (Å²) in [5, 5.41) is 0.845. The Morgan fingerprint density at radius 3 is 2.59 bits per heavy atom. The molecule has 6 nitrogen and oxygen atoms in total. The van der Waals surface area contributed by atoms with Gasteiger partial charge in [-0.05, 0) is 35.7 Å². The number of hydrogen-bond donors (Lipinski definition) is 1. The Balaban J connectivity index is 2.06. The van der Waals surface area contributed by atoms with E-state index >= 15 is 0 Å². The molecule has 2 N–H and O–H groups in total. The summed E-state index contributed by atoms with van der Waals surface area (Å²) >= 11 is 0. The number of fused-ring (bicyclic) bond motifs is 1. The normalized spacial score (nSPS) is 11.9. The van der Waals surface area contributed by atoms with Crippen LogP contribution in [0, 0.1) is 0 Å². The lowest BCUT2D eigenvalue weighted by molar-refractivity contribution is -0.145. The van der Waals surface area contributed by atoms with Crippen molar-refractivity contribution in [2.75, 3.05) is 6.61 Å². The molecule has 29 heavy (non-hydrogen) atoms. The van der Waals surface area contributed by atoms with Crippen molar-refractivity contribution in [2.45, 2.75) is 32.2 Å². The maximum Gasteiger partial charge on any atom is 0.313 e. The molecule has 0 bridgehead atoms. The first-order chi connectivity index (χ1) is 14.0. The van der Waals surface area contributed by atoms with Gasteiger partial charge in [-0.2, -0.15) is 0 Å². The van der Waals surface area contributed by atoms with Crippen molar-refractivity contribution in [1.29, 1.82) is 0 Å². The lowest BCUT2D eigenvalue weighted by atomic mass is 9.94. The second-order valence-electron chi connectivity index (χ2n) is 6.89. The molecule has 6 heteroatoms. The van der Waals surface area contributed by atoms with Crippen LogP contribution in [0.5, 0.6) is 0 Å². The first-order valence-corrected chi connectivity index (χ1v) is 9.57. The van der Waals surface area contributed by atoms with Crippen LogP contribution in [-0.4, -0.2) is 29.3 Å². The number of rotatable bonds is 9. The van der Waals surface area contributed by atoms with Crippen molar-refractivity contribution in [3.63, 3.8) is 0 Å². The van der Waals surface area contributed by atoms with Gasteiger partial charge < -0.3 is 19.8 Å². The third-order valence-electron chi connectivity index (χ3n) is 4.85. The fraction of sp³-hybridized carbons (Fsp3) is 0.261. The number of esters is 1. The van der Waals surface area contributed by atoms with Crippen LogP contribution in [0.15, 0.2) is 54.7 Å². The average molecular weight is 392 g/mol. The fourth-order valence-electron chi connectivity index (χ4n) is 3.55. The number of hydrogen-bond acceptors (Lipinski definition) is 4. The minimum absolute atomic E-state index is 0.0419. The highest BCUT2D eigenvalue weighted by Gasteiger charge is 2.23. The molecule has 0 saturated carbocycles. The van der Waals surface area contributed by atoms with Crippen LogP contribution >= 0.6 is 0 Å². The third kappa shape index (κ3) is 4.71. The second kappa shape index (κ2) is 9.19. The number of nitrogens with zero attached hydrogens (tertiary/aromatic N) is 1. The Morgan fingerprint density at radius 2 is 1.93 bits per heavy atom. The topological polar surface area (TPSA) is 91.4 Å². The number of ether oxygens (including phenoxy) is 1. The van der Waals surface area contributed by atoms with Gasteiger partial charge in [-0.15, -0.1) is 0 Å². The minimum atomic E-state index is -0.671. The molecule has 0 radical (unpaired) electrons. The molecule has 0 aliphatic rings. The van der Waals surface area contributed by atoms with Crippen molar-refractivity contribution in [2.24, 2.45) is 5.73 Å². The molecule has 3 aromatic rings. The molecule has 2 aromatic carbocycles. The summed E-state index contributed by atoms with van der Waals surface area (Å²) in [5.74, 6) is -1.53. The van der Waals surface area contributed by atoms with Gasteiger partial charge in [-0.3, -0.25) is 9.59 Å². The maximum absolute atomic E-state index is 12.3. The summed E-state index contributed by atoms with van der Waals surface area (Å²) in [6, 6.07) is 15.6. The van der Waals surface area contributed by atoms with Crippen LogP contribution in [-0.2, 0) is 32.1 Å². The summed E-state index contributed by atoms with van der Waals surface area (Å²) in [6.07, 6.45) is 2.78. The molecule has 150 valence electrons. The molecule has 1 heterocycles. The van der Waals surface area contributed by atoms with Crippen molar-refractivity contribution >= 4 is 29.1 Å². The molecular weight excluding hydrogens is 368 g/mol. The van der Waals surface area contributed by atoms with Gasteiger partial charge >= 0.3 is 5.97 Å². The molecule has 1 unspecified atom stereocenters. The third-order valence-corrected chi connectivity index (χ3v) is 4.85. The first-order valence-electron chi connectivity index (χ1n) is 9.57. The number of carbonyl (C=O) groups excluding carboxylic acids is 3. The van der Waals surface area contributed by atoms with Gasteiger partial charge in [0, 0.05) is 30.1 Å². The molecule has 0 fully saturated rings. The van der Waals surface area contributed by atoms with E-state index < -0.39 is 17.8 Å². The SMILES string of the molecule is CCOC(=O)C(CC=O)c1ccc2c(c1)c(CC(N)=O)cn2Cc1ccccc1. The highest BCUT2D eigenvalue weighted by atomic mass is 16.5. The van der Waals surface area contributed by atoms with E-state index in [1.54, 1.807) is 6.92 Å². The quantitative estimate of drug-likeness (QED) is 0.448. The Kier molecular flexibility index (Phi) is 6.44. The molecule has 1 atom stereocenters. The smallest absolute Gasteiger partial charge is 0.313 e. The number of aromatic nitrogens is 1. The minimum Gasteiger partial charge on any atom is -0.466 e. The predicted molar refractivity (Wildman–Crippen MR) is 110 cm³/mol. The van der Waals surface area contributed by atoms with Crippen molar-refractivity contribution in [1.82, 2.24) is 4.57 Å². The Hall–Kier alpha value is -3.41. The monoisotopic (exact) mass is 392 g/mol. The molecule has 3 rings (SSSR count). The zero-order valence-corrected chi connectivity index (χ0v) is 16.3. The van der Waals surface area contributed by atoms with Crippen molar-refractivity contribution in [3.05, 3.63) is 71.4 Å². The van der Waals surface area contributed by atoms with Crippen LogP contribution in [0.2, 0.25) is 0 Å². The lowest BCUT2D eigenvalue weighted by Gasteiger charge is -2.14. The van der Waals surface area contributed by atoms with E-state index in [9.17, 15) is 14.4 Å². The van der Waals surface area contributed by atoms with Gasteiger partial charge in [0.2, 0.25) is 5.91 Å². The molecule has 0 saturated heterocycles. The fourth-order valence-corrected chi connectivity index (χ4v) is 3.55. The van der Waals surface area contributed by atoms with Crippen molar-refractivity contribution < 1.29 is 19.1 Å². The van der Waals surface area contributed by atoms with E-state index in [0.717, 1.165) is 28.3 Å². The summed E-state index contributed by atoms with van der Waals surface area (Å²) in [4.78, 5) is 35.0. The van der Waals surface area contributed by atoms with Gasteiger partial charge in [0.15, 0.2) is 0 Å². The molecule has 1 amide bonds. The Labute approximate surface area is 169 Å². The maximum atomic E-state index is 12.3. The summed E-state index contributed by atoms with van der Waals surface area (Å²) in [6.45, 7) is 2.62. The zero-order valence-electron chi connectivity index (χ0n) is 16.3. The predicted octanol–water partition coefficient (Wildman–Crippen LogP) is 2.95. The Bertz CT molecular complexity index is 1020. The van der Waals surface area contributed by atoms with E-state index in [2.05, 4.69) is 4.57 Å². The van der Waals surface area contributed by atoms with Crippen LogP contribution in [0.1, 0.15) is 36.0 Å². The van der Waals surface area contributed by atoms with E-state index in [0.29, 0.717) is 12.1 Å². The molecule has 1 aromatic heterocycles. The number of carbonyl (C=O) groups is 3. The molecule has 0 aliphatic carbocycles. The molecule has 0 spiro atoms. The zero-order chi connectivity index (χ0) is 20.8. The second-order valence-corrected chi connectivity index (χ2v) is 6.89. The van der Waals surface area contributed by atoms with Crippen LogP contribution in [0.3, 0.4) is 0 Å². The van der Waals surface area contributed by atoms with Crippen LogP contribution < -0.4 is 5.73 Å². The van der Waals surface area contributed by atoms with Crippen LogP contribution in [0.4, 0.5) is 0 Å². The number of aldehydes is 1. The Morgan fingerprint density at radius 1 is 1.17 bits per heavy atom. The standard InChI is InChI=1S/C23H24N2O4/c1-2-29-23(28)19(10-11-26)17-8-9-21-20(12-17)18(13-22(24)27)15-25(21)14-16-6-4-3-5-7-16/h3-9,11-12,15,19H,2,10,13-14H2,1H3,(H2,24,27). The molecule has 0 aliphatic heterocycles. The highest BCUT2D eigenvalue weighted by molar-refractivity contribution is 5.91. The van der Waals surface area contributed by atoms with Crippen LogP contribution in [0.25, 0.3) is 10.9 Å². The average Bonchev–Trinajstić information content (AvgIpc) is 3.03. The highest BCUT2D eigenvalue weighted by Crippen LogP contribution is 2.29. The van der Waals surface area contributed by atoms with Crippen molar-refractivity contribution in [3.8, 4) is 0 Å². The molecular formula is C23H24N2O4. The number of benzene rings is 2. The number of nitrogens with two attached hydrogens (primary N) is 1.